The van der Waals surface area contributed by atoms with Crippen LogP contribution in [-0.2, 0) is 26.0 Å². The van der Waals surface area contributed by atoms with Crippen molar-refractivity contribution in [2.45, 2.75) is 25.2 Å². The highest BCUT2D eigenvalue weighted by atomic mass is 32.2. The van der Waals surface area contributed by atoms with E-state index in [1.54, 1.807) is 38.1 Å². The molecule has 0 heterocycles. The first-order chi connectivity index (χ1) is 16.2. The first kappa shape index (κ1) is 24.8. The lowest BCUT2D eigenvalue weighted by Gasteiger charge is -2.24. The highest BCUT2D eigenvalue weighted by Crippen LogP contribution is 2.21. The molecule has 178 valence electrons. The predicted octanol–water partition coefficient (Wildman–Crippen LogP) is 3.28. The summed E-state index contributed by atoms with van der Waals surface area (Å²) in [4.78, 5) is 38.1. The van der Waals surface area contributed by atoms with Crippen LogP contribution in [0.5, 0.6) is 0 Å². The highest BCUT2D eigenvalue weighted by Gasteiger charge is 2.33. The minimum absolute atomic E-state index is 0.107. The van der Waals surface area contributed by atoms with E-state index in [1.165, 1.54) is 35.2 Å². The molecule has 0 spiro atoms. The lowest BCUT2D eigenvalue weighted by molar-refractivity contribution is -0.384. The average molecular weight is 484 g/mol. The van der Waals surface area contributed by atoms with E-state index in [0.717, 1.165) is 5.39 Å². The molecule has 0 saturated carbocycles. The zero-order chi connectivity index (χ0) is 24.9. The van der Waals surface area contributed by atoms with Crippen LogP contribution in [0.25, 0.3) is 10.8 Å². The van der Waals surface area contributed by atoms with Gasteiger partial charge in [-0.2, -0.15) is 0 Å². The van der Waals surface area contributed by atoms with Crippen molar-refractivity contribution in [3.8, 4) is 0 Å². The number of hydrogen-bond acceptors (Lipinski definition) is 6. The largest absolute Gasteiger partial charge is 0.343 e. The molecule has 1 atom stereocenters. The number of carbonyl (C=O) groups is 2. The number of nitrogens with one attached hydrogen (secondary N) is 1. The van der Waals surface area contributed by atoms with Crippen LogP contribution in [0.1, 0.15) is 19.4 Å². The predicted molar refractivity (Wildman–Crippen MR) is 127 cm³/mol. The van der Waals surface area contributed by atoms with Gasteiger partial charge in [0.2, 0.25) is 11.8 Å². The van der Waals surface area contributed by atoms with Gasteiger partial charge in [0.15, 0.2) is 0 Å². The number of carbonyl (C=O) groups excluding carboxylic acids is 2. The molecule has 0 radical (unpaired) electrons. The van der Waals surface area contributed by atoms with E-state index in [4.69, 9.17) is 0 Å². The Morgan fingerprint density at radius 2 is 1.65 bits per heavy atom. The maximum absolute atomic E-state index is 13.1. The van der Waals surface area contributed by atoms with Gasteiger partial charge >= 0.3 is 0 Å². The summed E-state index contributed by atoms with van der Waals surface area (Å²) in [5.74, 6) is -2.92. The Kier molecular flexibility index (Phi) is 7.62. The van der Waals surface area contributed by atoms with Gasteiger partial charge in [0.1, 0.15) is 5.92 Å². The topological polar surface area (TPSA) is 127 Å². The van der Waals surface area contributed by atoms with Gasteiger partial charge in [-0.15, -0.1) is 0 Å². The summed E-state index contributed by atoms with van der Waals surface area (Å²) in [6.45, 7) is 4.14. The summed E-state index contributed by atoms with van der Waals surface area (Å²) in [5.41, 5.74) is 0.189. The minimum atomic E-state index is -4.26. The Labute approximate surface area is 197 Å². The number of amides is 2. The van der Waals surface area contributed by atoms with Crippen LogP contribution in [0.4, 0.5) is 5.69 Å². The number of nitro benzene ring substituents is 1. The summed E-state index contributed by atoms with van der Waals surface area (Å²) < 4.78 is 28.0. The average Bonchev–Trinajstić information content (AvgIpc) is 2.82. The zero-order valence-electron chi connectivity index (χ0n) is 18.8. The number of non-ortho nitro benzene ring substituents is 1. The van der Waals surface area contributed by atoms with Crippen LogP contribution in [0.3, 0.4) is 0 Å². The minimum Gasteiger partial charge on any atom is -0.343 e. The molecule has 0 fully saturated rings. The van der Waals surface area contributed by atoms with E-state index < -0.39 is 32.7 Å². The van der Waals surface area contributed by atoms with Crippen molar-refractivity contribution in [2.75, 3.05) is 13.1 Å². The van der Waals surface area contributed by atoms with E-state index in [2.05, 4.69) is 0 Å². The van der Waals surface area contributed by atoms with Gasteiger partial charge in [-0.3, -0.25) is 19.7 Å². The maximum atomic E-state index is 13.1. The van der Waals surface area contributed by atoms with Crippen LogP contribution in [0.2, 0.25) is 0 Å². The number of nitro groups is 1. The molecular weight excluding hydrogens is 458 g/mol. The maximum Gasteiger partial charge on any atom is 0.269 e. The lowest BCUT2D eigenvalue weighted by Crippen LogP contribution is -2.46. The smallest absolute Gasteiger partial charge is 0.269 e. The number of nitrogens with zero attached hydrogens (tertiary/aromatic N) is 2. The monoisotopic (exact) mass is 483 g/mol. The fourth-order valence-corrected chi connectivity index (χ4v) is 4.73. The molecule has 3 rings (SSSR count). The van der Waals surface area contributed by atoms with Crippen LogP contribution in [-0.4, -0.2) is 43.1 Å². The van der Waals surface area contributed by atoms with Gasteiger partial charge in [0.05, 0.1) is 9.82 Å². The first-order valence-electron chi connectivity index (χ1n) is 10.7. The Morgan fingerprint density at radius 3 is 2.29 bits per heavy atom. The van der Waals surface area contributed by atoms with Crippen molar-refractivity contribution in [2.24, 2.45) is 5.92 Å². The summed E-state index contributed by atoms with van der Waals surface area (Å²) in [6.07, 6.45) is -0.184. The highest BCUT2D eigenvalue weighted by molar-refractivity contribution is 7.90. The summed E-state index contributed by atoms with van der Waals surface area (Å²) in [5, 5.41) is 12.6. The Balaban J connectivity index is 1.92. The van der Waals surface area contributed by atoms with Crippen molar-refractivity contribution in [1.82, 2.24) is 9.62 Å². The second-order valence-electron chi connectivity index (χ2n) is 7.67. The third-order valence-electron chi connectivity index (χ3n) is 5.52. The van der Waals surface area contributed by atoms with E-state index in [9.17, 15) is 28.1 Å². The first-order valence-corrected chi connectivity index (χ1v) is 12.2. The molecule has 0 aromatic heterocycles. The molecule has 9 nitrogen and oxygen atoms in total. The zero-order valence-corrected chi connectivity index (χ0v) is 19.6. The second-order valence-corrected chi connectivity index (χ2v) is 9.36. The Bertz CT molecular complexity index is 1340. The normalized spacial score (nSPS) is 12.2. The van der Waals surface area contributed by atoms with Crippen molar-refractivity contribution < 1.29 is 22.9 Å². The third kappa shape index (κ3) is 5.57. The van der Waals surface area contributed by atoms with Crippen molar-refractivity contribution >= 4 is 38.3 Å². The summed E-state index contributed by atoms with van der Waals surface area (Å²) in [6, 6.07) is 17.2. The summed E-state index contributed by atoms with van der Waals surface area (Å²) >= 11 is 0. The molecule has 2 amide bonds. The van der Waals surface area contributed by atoms with Gasteiger partial charge in [0, 0.05) is 25.2 Å². The molecule has 3 aromatic carbocycles. The molecule has 0 aliphatic rings. The molecule has 0 aliphatic heterocycles. The fraction of sp³-hybridized carbons (Fsp3) is 0.250. The van der Waals surface area contributed by atoms with Crippen molar-refractivity contribution in [3.05, 3.63) is 82.4 Å². The van der Waals surface area contributed by atoms with Gasteiger partial charge in [-0.1, -0.05) is 42.5 Å². The Hall–Kier alpha value is -3.79. The van der Waals surface area contributed by atoms with Gasteiger partial charge in [-0.05, 0) is 48.7 Å². The number of rotatable bonds is 9. The van der Waals surface area contributed by atoms with E-state index >= 15 is 0 Å². The second kappa shape index (κ2) is 10.4. The van der Waals surface area contributed by atoms with Gasteiger partial charge in [-0.25, -0.2) is 13.1 Å². The number of benzene rings is 3. The number of hydrogen-bond donors (Lipinski definition) is 1. The lowest BCUT2D eigenvalue weighted by atomic mass is 9.96. The molecule has 34 heavy (non-hydrogen) atoms. The molecule has 1 N–H and O–H groups in total. The van der Waals surface area contributed by atoms with Gasteiger partial charge < -0.3 is 4.90 Å². The van der Waals surface area contributed by atoms with E-state index in [-0.39, 0.29) is 17.0 Å². The van der Waals surface area contributed by atoms with Crippen molar-refractivity contribution in [1.29, 1.82) is 0 Å². The van der Waals surface area contributed by atoms with E-state index in [1.807, 2.05) is 16.9 Å². The molecule has 10 heteroatoms. The summed E-state index contributed by atoms with van der Waals surface area (Å²) in [7, 11) is -4.26. The van der Waals surface area contributed by atoms with Crippen molar-refractivity contribution in [3.63, 3.8) is 0 Å². The van der Waals surface area contributed by atoms with Gasteiger partial charge in [0.25, 0.3) is 15.7 Å². The third-order valence-corrected chi connectivity index (χ3v) is 6.86. The molecule has 0 saturated heterocycles. The van der Waals surface area contributed by atoms with E-state index in [0.29, 0.717) is 24.0 Å². The molecule has 3 aromatic rings. The Morgan fingerprint density at radius 1 is 0.971 bits per heavy atom. The quantitative estimate of drug-likeness (QED) is 0.283. The van der Waals surface area contributed by atoms with Crippen LogP contribution < -0.4 is 4.72 Å². The molecule has 0 aliphatic carbocycles. The van der Waals surface area contributed by atoms with Crippen LogP contribution >= 0.6 is 0 Å². The number of sulfonamides is 1. The molecule has 0 bridgehead atoms. The fourth-order valence-electron chi connectivity index (χ4n) is 3.68. The molecule has 1 unspecified atom stereocenters. The standard InChI is InChI=1S/C24H25N3O6S/c1-3-26(4-2)24(29)22(15-17-8-7-11-20(14-17)27(30)31)23(28)25-34(32,33)21-13-12-18-9-5-6-10-19(18)16-21/h5-14,16,22H,3-4,15H2,1-2H3,(H,25,28). The SMILES string of the molecule is CCN(CC)C(=O)C(Cc1cccc([N+](=O)[O-])c1)C(=O)NS(=O)(=O)c1ccc2ccccc2c1. The van der Waals surface area contributed by atoms with Crippen LogP contribution in [0.15, 0.2) is 71.6 Å². The number of fused-ring (bicyclic) bond motifs is 1. The molecular formula is C24H25N3O6S. The van der Waals surface area contributed by atoms with Crippen LogP contribution in [0, 0.1) is 16.0 Å².